The summed E-state index contributed by atoms with van der Waals surface area (Å²) in [5.41, 5.74) is 2.03. The first-order valence-electron chi connectivity index (χ1n) is 11.1. The Kier molecular flexibility index (Phi) is 7.16. The largest absolute Gasteiger partial charge is 0.416 e. The lowest BCUT2D eigenvalue weighted by atomic mass is 10.0. The Morgan fingerprint density at radius 1 is 1.03 bits per heavy atom. The summed E-state index contributed by atoms with van der Waals surface area (Å²) in [5, 5.41) is 8.78. The topological polar surface area (TPSA) is 54.3 Å². The third-order valence-electron chi connectivity index (χ3n) is 5.85. The van der Waals surface area contributed by atoms with E-state index < -0.39 is 11.7 Å². The first kappa shape index (κ1) is 24.1. The molecule has 0 atom stereocenters. The molecule has 0 bridgehead atoms. The molecule has 0 saturated carbocycles. The number of hydrogen-bond acceptors (Lipinski definition) is 5. The molecule has 1 amide bonds. The summed E-state index contributed by atoms with van der Waals surface area (Å²) in [5.74, 6) is 0.626. The Labute approximate surface area is 200 Å². The van der Waals surface area contributed by atoms with Crippen molar-refractivity contribution in [1.82, 2.24) is 19.7 Å². The van der Waals surface area contributed by atoms with Crippen LogP contribution in [0.15, 0.2) is 60.0 Å². The lowest BCUT2D eigenvalue weighted by Gasteiger charge is -2.36. The summed E-state index contributed by atoms with van der Waals surface area (Å²) in [6.07, 6.45) is -2.74. The average molecular weight is 490 g/mol. The highest BCUT2D eigenvalue weighted by Crippen LogP contribution is 2.32. The molecule has 0 radical (unpaired) electrons. The highest BCUT2D eigenvalue weighted by molar-refractivity contribution is 7.99. The van der Waals surface area contributed by atoms with Crippen LogP contribution in [0.2, 0.25) is 0 Å². The van der Waals surface area contributed by atoms with E-state index in [1.807, 2.05) is 21.6 Å². The van der Waals surface area contributed by atoms with Crippen LogP contribution in [-0.4, -0.2) is 57.5 Å². The average Bonchev–Trinajstić information content (AvgIpc) is 3.31. The van der Waals surface area contributed by atoms with Crippen molar-refractivity contribution in [3.05, 3.63) is 66.0 Å². The Morgan fingerprint density at radius 3 is 2.38 bits per heavy atom. The van der Waals surface area contributed by atoms with Crippen molar-refractivity contribution in [2.24, 2.45) is 0 Å². The van der Waals surface area contributed by atoms with E-state index in [2.05, 4.69) is 36.2 Å². The summed E-state index contributed by atoms with van der Waals surface area (Å²) in [7, 11) is 0. The van der Waals surface area contributed by atoms with Gasteiger partial charge in [-0.05, 0) is 41.8 Å². The van der Waals surface area contributed by atoms with Gasteiger partial charge in [-0.1, -0.05) is 43.8 Å². The number of amides is 1. The quantitative estimate of drug-likeness (QED) is 0.464. The maximum atomic E-state index is 13.0. The Bertz CT molecular complexity index is 1120. The van der Waals surface area contributed by atoms with Crippen LogP contribution in [0.25, 0.3) is 5.69 Å². The molecular formula is C24H26F3N5OS. The number of benzene rings is 2. The van der Waals surface area contributed by atoms with Crippen molar-refractivity contribution in [3.63, 3.8) is 0 Å². The number of rotatable bonds is 6. The zero-order valence-electron chi connectivity index (χ0n) is 19.0. The predicted octanol–water partition coefficient (Wildman–Crippen LogP) is 4.85. The Hall–Kier alpha value is -3.01. The van der Waals surface area contributed by atoms with Crippen molar-refractivity contribution in [1.29, 1.82) is 0 Å². The third-order valence-corrected chi connectivity index (χ3v) is 6.78. The zero-order chi connectivity index (χ0) is 24.3. The molecule has 10 heteroatoms. The summed E-state index contributed by atoms with van der Waals surface area (Å²) in [4.78, 5) is 16.4. The van der Waals surface area contributed by atoms with Crippen LogP contribution in [0.5, 0.6) is 0 Å². The molecule has 180 valence electrons. The van der Waals surface area contributed by atoms with Crippen molar-refractivity contribution in [2.45, 2.75) is 31.1 Å². The number of aromatic nitrogens is 3. The van der Waals surface area contributed by atoms with Crippen LogP contribution in [0.4, 0.5) is 18.9 Å². The zero-order valence-corrected chi connectivity index (χ0v) is 19.8. The smallest absolute Gasteiger partial charge is 0.368 e. The molecule has 0 spiro atoms. The van der Waals surface area contributed by atoms with Crippen LogP contribution in [0.1, 0.15) is 30.9 Å². The minimum atomic E-state index is -4.37. The molecule has 2 aromatic carbocycles. The van der Waals surface area contributed by atoms with Gasteiger partial charge in [0.15, 0.2) is 5.16 Å². The fourth-order valence-electron chi connectivity index (χ4n) is 3.83. The van der Waals surface area contributed by atoms with Crippen LogP contribution < -0.4 is 4.90 Å². The van der Waals surface area contributed by atoms with E-state index in [0.717, 1.165) is 17.8 Å². The second kappa shape index (κ2) is 10.1. The van der Waals surface area contributed by atoms with Gasteiger partial charge in [0.2, 0.25) is 5.91 Å². The molecule has 1 aliphatic rings. The van der Waals surface area contributed by atoms with E-state index in [0.29, 0.717) is 42.9 Å². The number of carbonyl (C=O) groups is 1. The molecule has 1 fully saturated rings. The van der Waals surface area contributed by atoms with Gasteiger partial charge in [-0.15, -0.1) is 10.2 Å². The normalized spacial score (nSPS) is 14.6. The SMILES string of the molecule is CC(C)c1ccc(-n2cnnc2SCC(=O)N2CCN(c3cccc(C(F)(F)F)c3)CC2)cc1. The number of piperazine rings is 1. The lowest BCUT2D eigenvalue weighted by Crippen LogP contribution is -2.49. The monoisotopic (exact) mass is 489 g/mol. The number of anilines is 1. The van der Waals surface area contributed by atoms with Crippen molar-refractivity contribution < 1.29 is 18.0 Å². The first-order valence-corrected chi connectivity index (χ1v) is 12.0. The molecule has 0 aliphatic carbocycles. The van der Waals surface area contributed by atoms with Gasteiger partial charge in [-0.3, -0.25) is 9.36 Å². The van der Waals surface area contributed by atoms with Gasteiger partial charge in [-0.2, -0.15) is 13.2 Å². The van der Waals surface area contributed by atoms with E-state index in [1.165, 1.54) is 23.4 Å². The van der Waals surface area contributed by atoms with Crippen molar-refractivity contribution >= 4 is 23.4 Å². The summed E-state index contributed by atoms with van der Waals surface area (Å²) in [6, 6.07) is 13.5. The number of hydrogen-bond donors (Lipinski definition) is 0. The maximum Gasteiger partial charge on any atom is 0.416 e. The van der Waals surface area contributed by atoms with Crippen molar-refractivity contribution in [2.75, 3.05) is 36.8 Å². The van der Waals surface area contributed by atoms with E-state index in [9.17, 15) is 18.0 Å². The molecular weight excluding hydrogens is 463 g/mol. The molecule has 34 heavy (non-hydrogen) atoms. The fourth-order valence-corrected chi connectivity index (χ4v) is 4.66. The van der Waals surface area contributed by atoms with E-state index in [-0.39, 0.29) is 11.7 Å². The molecule has 2 heterocycles. The minimum Gasteiger partial charge on any atom is -0.368 e. The van der Waals surface area contributed by atoms with Crippen LogP contribution in [0.3, 0.4) is 0 Å². The molecule has 1 aromatic heterocycles. The second-order valence-corrected chi connectivity index (χ2v) is 9.38. The van der Waals surface area contributed by atoms with Gasteiger partial charge in [-0.25, -0.2) is 0 Å². The van der Waals surface area contributed by atoms with E-state index >= 15 is 0 Å². The highest BCUT2D eigenvalue weighted by Gasteiger charge is 2.31. The van der Waals surface area contributed by atoms with Crippen LogP contribution in [-0.2, 0) is 11.0 Å². The first-order chi connectivity index (χ1) is 16.2. The molecule has 6 nitrogen and oxygen atoms in total. The molecule has 0 N–H and O–H groups in total. The summed E-state index contributed by atoms with van der Waals surface area (Å²) < 4.78 is 40.9. The fraction of sp³-hybridized carbons (Fsp3) is 0.375. The van der Waals surface area contributed by atoms with E-state index in [4.69, 9.17) is 0 Å². The number of carbonyl (C=O) groups excluding carboxylic acids is 1. The van der Waals surface area contributed by atoms with Gasteiger partial charge in [0, 0.05) is 37.6 Å². The Balaban J connectivity index is 1.32. The van der Waals surface area contributed by atoms with Gasteiger partial charge < -0.3 is 9.80 Å². The number of nitrogens with zero attached hydrogens (tertiary/aromatic N) is 5. The predicted molar refractivity (Wildman–Crippen MR) is 126 cm³/mol. The van der Waals surface area contributed by atoms with Crippen molar-refractivity contribution in [3.8, 4) is 5.69 Å². The highest BCUT2D eigenvalue weighted by atomic mass is 32.2. The van der Waals surface area contributed by atoms with Gasteiger partial charge >= 0.3 is 6.18 Å². The lowest BCUT2D eigenvalue weighted by molar-refractivity contribution is -0.137. The Morgan fingerprint density at radius 2 is 1.74 bits per heavy atom. The molecule has 3 aromatic rings. The number of thioether (sulfide) groups is 1. The van der Waals surface area contributed by atoms with Crippen LogP contribution >= 0.6 is 11.8 Å². The molecule has 1 saturated heterocycles. The van der Waals surface area contributed by atoms with Crippen LogP contribution in [0, 0.1) is 0 Å². The summed E-state index contributed by atoms with van der Waals surface area (Å²) >= 11 is 1.32. The minimum absolute atomic E-state index is 0.0293. The molecule has 4 rings (SSSR count). The standard InChI is InChI=1S/C24H26F3N5OS/c1-17(2)18-6-8-20(9-7-18)32-16-28-29-23(32)34-15-22(33)31-12-10-30(11-13-31)21-5-3-4-19(14-21)24(25,26)27/h3-9,14,16-17H,10-13,15H2,1-2H3. The maximum absolute atomic E-state index is 13.0. The van der Waals surface area contributed by atoms with E-state index in [1.54, 1.807) is 17.3 Å². The third kappa shape index (κ3) is 5.55. The van der Waals surface area contributed by atoms with Gasteiger partial charge in [0.25, 0.3) is 0 Å². The second-order valence-electron chi connectivity index (χ2n) is 8.43. The summed E-state index contributed by atoms with van der Waals surface area (Å²) in [6.45, 7) is 6.16. The van der Waals surface area contributed by atoms with Gasteiger partial charge in [0.05, 0.1) is 11.3 Å². The number of alkyl halides is 3. The number of halogens is 3. The van der Waals surface area contributed by atoms with Gasteiger partial charge in [0.1, 0.15) is 6.33 Å². The molecule has 1 aliphatic heterocycles. The molecule has 0 unspecified atom stereocenters.